The second-order valence-electron chi connectivity index (χ2n) is 7.53. The highest BCUT2D eigenvalue weighted by Crippen LogP contribution is 2.36. The summed E-state index contributed by atoms with van der Waals surface area (Å²) in [4.78, 5) is 13.5. The van der Waals surface area contributed by atoms with Gasteiger partial charge in [0.15, 0.2) is 0 Å². The Morgan fingerprint density at radius 1 is 1.30 bits per heavy atom. The molecule has 0 aliphatic carbocycles. The van der Waals surface area contributed by atoms with Gasteiger partial charge in [0.1, 0.15) is 24.7 Å². The maximum atomic E-state index is 13.3. The lowest BCUT2D eigenvalue weighted by molar-refractivity contribution is -0.137. The number of nitrogens with one attached hydrogen (secondary N) is 1. The van der Waals surface area contributed by atoms with Gasteiger partial charge >= 0.3 is 6.18 Å². The molecule has 0 radical (unpaired) electrons. The fourth-order valence-electron chi connectivity index (χ4n) is 3.49. The molecule has 1 amide bonds. The lowest BCUT2D eigenvalue weighted by Gasteiger charge is -2.23. The van der Waals surface area contributed by atoms with E-state index in [-0.39, 0.29) is 18.6 Å². The van der Waals surface area contributed by atoms with Crippen molar-refractivity contribution in [2.75, 3.05) is 28.7 Å². The highest BCUT2D eigenvalue weighted by molar-refractivity contribution is 9.09. The molecule has 0 spiro atoms. The van der Waals surface area contributed by atoms with Gasteiger partial charge in [-0.25, -0.2) is 0 Å². The van der Waals surface area contributed by atoms with Crippen LogP contribution in [0.1, 0.15) is 30.9 Å². The lowest BCUT2D eigenvalue weighted by atomic mass is 10.1. The van der Waals surface area contributed by atoms with Gasteiger partial charge in [-0.15, -0.1) is 0 Å². The summed E-state index contributed by atoms with van der Waals surface area (Å²) >= 11 is 3.29. The van der Waals surface area contributed by atoms with E-state index < -0.39 is 23.5 Å². The number of amides is 1. The number of ether oxygens (including phenoxy) is 2. The van der Waals surface area contributed by atoms with Crippen molar-refractivity contribution in [1.29, 1.82) is 5.26 Å². The Morgan fingerprint density at radius 2 is 2.03 bits per heavy atom. The smallest absolute Gasteiger partial charge is 0.417 e. The van der Waals surface area contributed by atoms with E-state index >= 15 is 0 Å². The minimum Gasteiger partial charge on any atom is -0.491 e. The van der Waals surface area contributed by atoms with Gasteiger partial charge in [-0.2, -0.15) is 18.4 Å². The monoisotopic (exact) mass is 525 g/mol. The van der Waals surface area contributed by atoms with Gasteiger partial charge in [-0.05, 0) is 55.8 Å². The van der Waals surface area contributed by atoms with Gasteiger partial charge in [-0.3, -0.25) is 4.79 Å². The average molecular weight is 526 g/mol. The van der Waals surface area contributed by atoms with Crippen LogP contribution in [-0.2, 0) is 15.7 Å². The Morgan fingerprint density at radius 3 is 2.67 bits per heavy atom. The molecule has 1 N–H and O–H groups in total. The fraction of sp³-hybridized carbons (Fsp3) is 0.391. The van der Waals surface area contributed by atoms with E-state index in [1.807, 2.05) is 0 Å². The van der Waals surface area contributed by atoms with Crippen molar-refractivity contribution in [3.8, 4) is 11.8 Å². The maximum absolute atomic E-state index is 13.3. The number of nitriles is 1. The van der Waals surface area contributed by atoms with Crippen LogP contribution in [0.25, 0.3) is 0 Å². The van der Waals surface area contributed by atoms with Crippen molar-refractivity contribution in [3.05, 3.63) is 53.6 Å². The van der Waals surface area contributed by atoms with Crippen molar-refractivity contribution in [1.82, 2.24) is 0 Å². The number of hydrogen-bond donors (Lipinski definition) is 1. The zero-order valence-corrected chi connectivity index (χ0v) is 19.4. The van der Waals surface area contributed by atoms with Gasteiger partial charge in [-0.1, -0.05) is 15.9 Å². The van der Waals surface area contributed by atoms with E-state index in [0.717, 1.165) is 17.8 Å². The fourth-order valence-corrected chi connectivity index (χ4v) is 3.77. The molecule has 0 saturated carbocycles. The molecule has 2 aromatic carbocycles. The number of nitrogens with zero attached hydrogens (tertiary/aromatic N) is 2. The molecule has 176 valence electrons. The van der Waals surface area contributed by atoms with Gasteiger partial charge in [0.05, 0.1) is 23.7 Å². The zero-order chi connectivity index (χ0) is 24.0. The quantitative estimate of drug-likeness (QED) is 0.472. The number of alkyl halides is 4. The van der Waals surface area contributed by atoms with E-state index in [1.54, 1.807) is 42.2 Å². The Balaban J connectivity index is 1.58. The molecule has 1 heterocycles. The van der Waals surface area contributed by atoms with Crippen LogP contribution < -0.4 is 15.0 Å². The summed E-state index contributed by atoms with van der Waals surface area (Å²) in [6.45, 7) is 2.30. The molecule has 10 heteroatoms. The number of anilines is 2. The minimum absolute atomic E-state index is 0.0620. The number of halogens is 4. The molecule has 1 aliphatic heterocycles. The second kappa shape index (κ2) is 10.9. The summed E-state index contributed by atoms with van der Waals surface area (Å²) in [5.74, 6) is 0.522. The van der Waals surface area contributed by atoms with Crippen LogP contribution in [-0.4, -0.2) is 36.7 Å². The first kappa shape index (κ1) is 24.9. The van der Waals surface area contributed by atoms with Gasteiger partial charge < -0.3 is 19.7 Å². The topological polar surface area (TPSA) is 74.6 Å². The summed E-state index contributed by atoms with van der Waals surface area (Å²) in [6, 6.07) is 12.2. The van der Waals surface area contributed by atoms with Crippen LogP contribution in [0, 0.1) is 11.3 Å². The van der Waals surface area contributed by atoms with E-state index in [9.17, 15) is 18.0 Å². The zero-order valence-electron chi connectivity index (χ0n) is 17.9. The van der Waals surface area contributed by atoms with Crippen molar-refractivity contribution >= 4 is 33.2 Å². The number of carbonyl (C=O) groups is 1. The maximum Gasteiger partial charge on any atom is 0.417 e. The standard InChI is InChI=1S/C23H23BrF3N3O3/c1-15-30(18-7-4-16(12-28)21(11-18)23(25,26)27)13-20(33-15)14-32-19-8-5-17(6-9-19)29-22(31)3-2-10-24/h4-9,11,15,20H,2-3,10,13-14H2,1H3,(H,29,31)/t15-,20+/m1/s1. The minimum atomic E-state index is -4.62. The first-order valence-corrected chi connectivity index (χ1v) is 11.5. The second-order valence-corrected chi connectivity index (χ2v) is 8.32. The van der Waals surface area contributed by atoms with Crippen LogP contribution in [0.4, 0.5) is 24.5 Å². The molecule has 33 heavy (non-hydrogen) atoms. The molecule has 1 fully saturated rings. The predicted octanol–water partition coefficient (Wildman–Crippen LogP) is 5.32. The molecule has 2 atom stereocenters. The summed E-state index contributed by atoms with van der Waals surface area (Å²) in [7, 11) is 0. The van der Waals surface area contributed by atoms with Crippen molar-refractivity contribution in [3.63, 3.8) is 0 Å². The molecule has 1 aliphatic rings. The Labute approximate surface area is 198 Å². The van der Waals surface area contributed by atoms with Crippen LogP contribution in [0.2, 0.25) is 0 Å². The number of carbonyl (C=O) groups excluding carboxylic acids is 1. The van der Waals surface area contributed by atoms with E-state index in [1.165, 1.54) is 12.1 Å². The van der Waals surface area contributed by atoms with Gasteiger partial charge in [0.2, 0.25) is 5.91 Å². The first-order valence-electron chi connectivity index (χ1n) is 10.3. The summed E-state index contributed by atoms with van der Waals surface area (Å²) in [6.07, 6.45) is -4.24. The molecular weight excluding hydrogens is 503 g/mol. The first-order chi connectivity index (χ1) is 15.7. The highest BCUT2D eigenvalue weighted by atomic mass is 79.9. The third-order valence-corrected chi connectivity index (χ3v) is 5.66. The molecule has 6 nitrogen and oxygen atoms in total. The van der Waals surface area contributed by atoms with Crippen LogP contribution >= 0.6 is 15.9 Å². The molecule has 1 saturated heterocycles. The largest absolute Gasteiger partial charge is 0.491 e. The van der Waals surface area contributed by atoms with Crippen LogP contribution in [0.5, 0.6) is 5.75 Å². The predicted molar refractivity (Wildman–Crippen MR) is 121 cm³/mol. The average Bonchev–Trinajstić information content (AvgIpc) is 3.16. The molecule has 3 rings (SSSR count). The van der Waals surface area contributed by atoms with Crippen molar-refractivity contribution < 1.29 is 27.4 Å². The van der Waals surface area contributed by atoms with Crippen molar-refractivity contribution in [2.24, 2.45) is 0 Å². The van der Waals surface area contributed by atoms with E-state index in [2.05, 4.69) is 21.2 Å². The lowest BCUT2D eigenvalue weighted by Crippen LogP contribution is -2.28. The van der Waals surface area contributed by atoms with Crippen LogP contribution in [0.15, 0.2) is 42.5 Å². The van der Waals surface area contributed by atoms with Gasteiger partial charge in [0.25, 0.3) is 0 Å². The SMILES string of the molecule is C[C@H]1O[C@H](COc2ccc(NC(=O)CCCBr)cc2)CN1c1ccc(C#N)c(C(F)(F)F)c1. The van der Waals surface area contributed by atoms with E-state index in [0.29, 0.717) is 30.1 Å². The number of rotatable bonds is 8. The van der Waals surface area contributed by atoms with Crippen LogP contribution in [0.3, 0.4) is 0 Å². The molecule has 2 aromatic rings. The Bertz CT molecular complexity index is 1010. The third-order valence-electron chi connectivity index (χ3n) is 5.10. The summed E-state index contributed by atoms with van der Waals surface area (Å²) < 4.78 is 51.5. The third kappa shape index (κ3) is 6.62. The van der Waals surface area contributed by atoms with Gasteiger partial charge in [0, 0.05) is 23.1 Å². The summed E-state index contributed by atoms with van der Waals surface area (Å²) in [5.41, 5.74) is -0.383. The normalized spacial score (nSPS) is 18.1. The number of hydrogen-bond acceptors (Lipinski definition) is 5. The highest BCUT2D eigenvalue weighted by Gasteiger charge is 2.36. The van der Waals surface area contributed by atoms with E-state index in [4.69, 9.17) is 14.7 Å². The molecule has 0 aromatic heterocycles. The Hall–Kier alpha value is -2.77. The van der Waals surface area contributed by atoms with Crippen molar-refractivity contribution in [2.45, 2.75) is 38.3 Å². The summed E-state index contributed by atoms with van der Waals surface area (Å²) in [5, 5.41) is 12.5. The molecular formula is C23H23BrF3N3O3. The molecule has 0 unspecified atom stereocenters. The number of benzene rings is 2. The Kier molecular flexibility index (Phi) is 8.21. The molecule has 0 bridgehead atoms.